The average Bonchev–Trinajstić information content (AvgIpc) is 3.14. The molecule has 1 aromatic heterocycles. The van der Waals surface area contributed by atoms with Gasteiger partial charge in [0.25, 0.3) is 0 Å². The van der Waals surface area contributed by atoms with Gasteiger partial charge in [0.2, 0.25) is 0 Å². The summed E-state index contributed by atoms with van der Waals surface area (Å²) in [4.78, 5) is 3.37. The highest BCUT2D eigenvalue weighted by Crippen LogP contribution is 2.24. The third kappa shape index (κ3) is 4.08. The van der Waals surface area contributed by atoms with E-state index in [0.29, 0.717) is 5.75 Å². The van der Waals surface area contributed by atoms with Gasteiger partial charge in [-0.05, 0) is 29.7 Å². The molecule has 136 valence electrons. The van der Waals surface area contributed by atoms with Crippen molar-refractivity contribution >= 4 is 34.4 Å². The standard InChI is InChI=1S/C18H14BNO2.C6H6/c21-19(22-14-6-2-1-3-7-14)13-10-11-18-16(12-13)15-8-4-5-9-17(15)20-18;1-2-4-6-5-3-1/h1-12,20-21H;1-6H. The van der Waals surface area contributed by atoms with E-state index in [1.807, 2.05) is 103 Å². The van der Waals surface area contributed by atoms with Crippen molar-refractivity contribution in [2.75, 3.05) is 0 Å². The number of aromatic nitrogens is 1. The van der Waals surface area contributed by atoms with Crippen molar-refractivity contribution in [3.05, 3.63) is 109 Å². The maximum atomic E-state index is 10.3. The quantitative estimate of drug-likeness (QED) is 0.452. The lowest BCUT2D eigenvalue weighted by atomic mass is 9.79. The van der Waals surface area contributed by atoms with Crippen molar-refractivity contribution < 1.29 is 9.68 Å². The number of hydrogen-bond donors (Lipinski definition) is 2. The number of fused-ring (bicyclic) bond motifs is 3. The number of benzene rings is 4. The van der Waals surface area contributed by atoms with E-state index in [0.717, 1.165) is 27.3 Å². The first-order valence-corrected chi connectivity index (χ1v) is 9.21. The second-order valence-electron chi connectivity index (χ2n) is 6.41. The summed E-state index contributed by atoms with van der Waals surface area (Å²) in [5, 5.41) is 12.5. The SMILES string of the molecule is OB(Oc1ccccc1)c1ccc2[nH]c3ccccc3c2c1.c1ccccc1. The monoisotopic (exact) mass is 365 g/mol. The molecule has 4 heteroatoms. The lowest BCUT2D eigenvalue weighted by Crippen LogP contribution is -2.36. The second-order valence-corrected chi connectivity index (χ2v) is 6.41. The first-order valence-electron chi connectivity index (χ1n) is 9.21. The molecule has 5 aromatic rings. The number of nitrogens with one attached hydrogen (secondary N) is 1. The molecule has 0 radical (unpaired) electrons. The number of hydrogen-bond acceptors (Lipinski definition) is 2. The molecule has 0 aliphatic carbocycles. The first kappa shape index (κ1) is 17.9. The minimum absolute atomic E-state index is 0.647. The lowest BCUT2D eigenvalue weighted by Gasteiger charge is -2.10. The lowest BCUT2D eigenvalue weighted by molar-refractivity contribution is 0.433. The Balaban J connectivity index is 0.000000275. The van der Waals surface area contributed by atoms with Gasteiger partial charge in [-0.2, -0.15) is 0 Å². The molecule has 1 heterocycles. The molecular formula is C24H20BNO2. The third-order valence-corrected chi connectivity index (χ3v) is 4.47. The van der Waals surface area contributed by atoms with Crippen LogP contribution < -0.4 is 10.1 Å². The van der Waals surface area contributed by atoms with Crippen molar-refractivity contribution in [3.63, 3.8) is 0 Å². The summed E-state index contributed by atoms with van der Waals surface area (Å²) < 4.78 is 5.58. The zero-order valence-corrected chi connectivity index (χ0v) is 15.3. The fraction of sp³-hybridized carbons (Fsp3) is 0. The van der Waals surface area contributed by atoms with E-state index in [2.05, 4.69) is 11.1 Å². The molecule has 0 spiro atoms. The maximum Gasteiger partial charge on any atom is 0.560 e. The van der Waals surface area contributed by atoms with Crippen LogP contribution in [-0.2, 0) is 0 Å². The van der Waals surface area contributed by atoms with Crippen LogP contribution in [0.1, 0.15) is 0 Å². The maximum absolute atomic E-state index is 10.3. The van der Waals surface area contributed by atoms with Crippen LogP contribution in [0.5, 0.6) is 5.75 Å². The van der Waals surface area contributed by atoms with Crippen LogP contribution >= 0.6 is 0 Å². The van der Waals surface area contributed by atoms with E-state index in [1.165, 1.54) is 0 Å². The van der Waals surface area contributed by atoms with Crippen LogP contribution in [0.15, 0.2) is 109 Å². The van der Waals surface area contributed by atoms with E-state index >= 15 is 0 Å². The minimum Gasteiger partial charge on any atom is -0.532 e. The smallest absolute Gasteiger partial charge is 0.532 e. The molecule has 0 amide bonds. The molecule has 4 aromatic carbocycles. The summed E-state index contributed by atoms with van der Waals surface area (Å²) >= 11 is 0. The molecule has 0 unspecified atom stereocenters. The molecule has 3 nitrogen and oxygen atoms in total. The average molecular weight is 365 g/mol. The van der Waals surface area contributed by atoms with Crippen LogP contribution in [0.25, 0.3) is 21.8 Å². The minimum atomic E-state index is -0.986. The predicted octanol–water partition coefficient (Wildman–Crippen LogP) is 4.77. The van der Waals surface area contributed by atoms with Gasteiger partial charge in [0, 0.05) is 21.8 Å². The van der Waals surface area contributed by atoms with E-state index in [1.54, 1.807) is 0 Å². The topological polar surface area (TPSA) is 45.2 Å². The first-order chi connectivity index (χ1) is 13.8. The molecule has 28 heavy (non-hydrogen) atoms. The zero-order chi connectivity index (χ0) is 19.2. The summed E-state index contributed by atoms with van der Waals surface area (Å²) in [5.74, 6) is 0.647. The van der Waals surface area contributed by atoms with Crippen molar-refractivity contribution in [3.8, 4) is 5.75 Å². The Labute approximate surface area is 164 Å². The molecule has 2 N–H and O–H groups in total. The van der Waals surface area contributed by atoms with Gasteiger partial charge in [-0.25, -0.2) is 0 Å². The van der Waals surface area contributed by atoms with Gasteiger partial charge in [0.1, 0.15) is 5.75 Å². The van der Waals surface area contributed by atoms with Crippen LogP contribution in [-0.4, -0.2) is 17.1 Å². The molecule has 0 saturated heterocycles. The Hall–Kier alpha value is -3.50. The van der Waals surface area contributed by atoms with E-state index < -0.39 is 7.12 Å². The Kier molecular flexibility index (Phi) is 5.41. The summed E-state index contributed by atoms with van der Waals surface area (Å²) in [7, 11) is -0.986. The van der Waals surface area contributed by atoms with Gasteiger partial charge in [-0.1, -0.05) is 84.9 Å². The van der Waals surface area contributed by atoms with E-state index in [4.69, 9.17) is 4.65 Å². The van der Waals surface area contributed by atoms with Gasteiger partial charge in [0.05, 0.1) is 0 Å². The fourth-order valence-electron chi connectivity index (χ4n) is 3.10. The molecule has 0 aliphatic rings. The van der Waals surface area contributed by atoms with Crippen molar-refractivity contribution in [1.29, 1.82) is 0 Å². The van der Waals surface area contributed by atoms with E-state index in [-0.39, 0.29) is 0 Å². The van der Waals surface area contributed by atoms with Gasteiger partial charge in [-0.15, -0.1) is 0 Å². The Morgan fingerprint density at radius 3 is 1.89 bits per heavy atom. The van der Waals surface area contributed by atoms with Crippen molar-refractivity contribution in [1.82, 2.24) is 4.98 Å². The molecule has 0 fully saturated rings. The zero-order valence-electron chi connectivity index (χ0n) is 15.3. The molecule has 5 rings (SSSR count). The van der Waals surface area contributed by atoms with Gasteiger partial charge in [-0.3, -0.25) is 0 Å². The number of rotatable bonds is 3. The van der Waals surface area contributed by atoms with Crippen molar-refractivity contribution in [2.45, 2.75) is 0 Å². The molecule has 0 aliphatic heterocycles. The summed E-state index contributed by atoms with van der Waals surface area (Å²) in [6, 6.07) is 35.3. The Morgan fingerprint density at radius 1 is 0.607 bits per heavy atom. The Morgan fingerprint density at radius 2 is 1.18 bits per heavy atom. The summed E-state index contributed by atoms with van der Waals surface area (Å²) in [6.07, 6.45) is 0. The van der Waals surface area contributed by atoms with Gasteiger partial charge in [0.15, 0.2) is 0 Å². The molecule has 0 saturated carbocycles. The predicted molar refractivity (Wildman–Crippen MR) is 117 cm³/mol. The van der Waals surface area contributed by atoms with Crippen LogP contribution in [0, 0.1) is 0 Å². The molecule has 0 atom stereocenters. The highest BCUT2D eigenvalue weighted by molar-refractivity contribution is 6.61. The summed E-state index contributed by atoms with van der Waals surface area (Å²) in [6.45, 7) is 0. The van der Waals surface area contributed by atoms with Crippen LogP contribution in [0.4, 0.5) is 0 Å². The molecule has 0 bridgehead atoms. The fourth-order valence-corrected chi connectivity index (χ4v) is 3.10. The normalized spacial score (nSPS) is 10.3. The van der Waals surface area contributed by atoms with E-state index in [9.17, 15) is 5.02 Å². The highest BCUT2D eigenvalue weighted by Gasteiger charge is 2.19. The Bertz CT molecular complexity index is 1130. The van der Waals surface area contributed by atoms with Crippen molar-refractivity contribution in [2.24, 2.45) is 0 Å². The van der Waals surface area contributed by atoms with Crippen LogP contribution in [0.2, 0.25) is 0 Å². The van der Waals surface area contributed by atoms with Gasteiger partial charge < -0.3 is 14.7 Å². The number of H-pyrrole nitrogens is 1. The summed E-state index contributed by atoms with van der Waals surface area (Å²) in [5.41, 5.74) is 2.88. The second kappa shape index (κ2) is 8.46. The highest BCUT2D eigenvalue weighted by atomic mass is 16.5. The molecular weight excluding hydrogens is 345 g/mol. The largest absolute Gasteiger partial charge is 0.560 e. The number of aromatic amines is 1. The van der Waals surface area contributed by atoms with Gasteiger partial charge >= 0.3 is 7.12 Å². The number of para-hydroxylation sites is 2. The third-order valence-electron chi connectivity index (χ3n) is 4.47. The van der Waals surface area contributed by atoms with Crippen LogP contribution in [0.3, 0.4) is 0 Å².